The maximum atomic E-state index is 12.8. The second-order valence-corrected chi connectivity index (χ2v) is 7.15. The second-order valence-electron chi connectivity index (χ2n) is 6.37. The van der Waals surface area contributed by atoms with E-state index in [-0.39, 0.29) is 5.57 Å². The molecule has 4 rings (SSSR count). The highest BCUT2D eigenvalue weighted by Crippen LogP contribution is 2.25. The summed E-state index contributed by atoms with van der Waals surface area (Å²) >= 11 is 3.16. The number of carbonyl (C=O) groups excluding carboxylic acids is 3. The Morgan fingerprint density at radius 3 is 2.37 bits per heavy atom. The number of hydrogen-bond acceptors (Lipinski definition) is 5. The Hall–Kier alpha value is -3.65. The highest BCUT2D eigenvalue weighted by molar-refractivity contribution is 9.10. The van der Waals surface area contributed by atoms with Gasteiger partial charge in [-0.15, -0.1) is 0 Å². The Morgan fingerprint density at radius 1 is 0.967 bits per heavy atom. The molecule has 1 aromatic heterocycles. The van der Waals surface area contributed by atoms with Crippen LogP contribution < -0.4 is 15.0 Å². The fourth-order valence-electron chi connectivity index (χ4n) is 2.87. The molecule has 2 aromatic carbocycles. The first kappa shape index (κ1) is 19.7. The third kappa shape index (κ3) is 4.18. The minimum absolute atomic E-state index is 0.208. The molecule has 0 saturated carbocycles. The fraction of sp³-hybridized carbons (Fsp3) is 0.0455. The van der Waals surface area contributed by atoms with Crippen LogP contribution in [0.2, 0.25) is 0 Å². The van der Waals surface area contributed by atoms with Crippen LogP contribution in [0.4, 0.5) is 10.5 Å². The van der Waals surface area contributed by atoms with E-state index in [4.69, 9.17) is 9.15 Å². The van der Waals surface area contributed by atoms with Crippen molar-refractivity contribution in [1.29, 1.82) is 0 Å². The van der Waals surface area contributed by atoms with E-state index >= 15 is 0 Å². The van der Waals surface area contributed by atoms with E-state index in [1.54, 1.807) is 36.4 Å². The van der Waals surface area contributed by atoms with E-state index in [1.807, 2.05) is 30.3 Å². The summed E-state index contributed by atoms with van der Waals surface area (Å²) in [6.45, 7) is 0.392. The molecule has 0 aliphatic carbocycles. The smallest absolute Gasteiger partial charge is 0.335 e. The predicted octanol–water partition coefficient (Wildman–Crippen LogP) is 4.29. The molecule has 8 heteroatoms. The lowest BCUT2D eigenvalue weighted by atomic mass is 10.1. The standard InChI is InChI=1S/C22H15BrN2O5/c23-19-11-10-17(30-19)12-18-20(26)24-22(28)25(21(18)27)15-6-8-16(9-7-15)29-13-14-4-2-1-3-5-14/h1-12H,13H2,(H,24,26,28)/b18-12+. The van der Waals surface area contributed by atoms with Gasteiger partial charge < -0.3 is 9.15 Å². The van der Waals surface area contributed by atoms with Gasteiger partial charge >= 0.3 is 6.03 Å². The number of anilines is 1. The third-order valence-electron chi connectivity index (χ3n) is 4.33. The topological polar surface area (TPSA) is 88.9 Å². The first-order valence-electron chi connectivity index (χ1n) is 8.95. The molecule has 0 bridgehead atoms. The molecule has 1 fully saturated rings. The van der Waals surface area contributed by atoms with Crippen LogP contribution in [-0.2, 0) is 16.2 Å². The Bertz CT molecular complexity index is 1140. The molecule has 0 unspecified atom stereocenters. The number of imide groups is 2. The van der Waals surface area contributed by atoms with E-state index in [9.17, 15) is 14.4 Å². The lowest BCUT2D eigenvalue weighted by Gasteiger charge is -2.26. The number of halogens is 1. The Morgan fingerprint density at radius 2 is 1.70 bits per heavy atom. The molecular weight excluding hydrogens is 452 g/mol. The maximum Gasteiger partial charge on any atom is 0.335 e. The van der Waals surface area contributed by atoms with Gasteiger partial charge in [0, 0.05) is 0 Å². The molecule has 0 radical (unpaired) electrons. The van der Waals surface area contributed by atoms with Gasteiger partial charge in [-0.3, -0.25) is 14.9 Å². The molecular formula is C22H15BrN2O5. The number of benzene rings is 2. The summed E-state index contributed by atoms with van der Waals surface area (Å²) in [7, 11) is 0. The number of furan rings is 1. The largest absolute Gasteiger partial charge is 0.489 e. The van der Waals surface area contributed by atoms with Crippen molar-refractivity contribution in [3.05, 3.63) is 88.3 Å². The molecule has 7 nitrogen and oxygen atoms in total. The number of rotatable bonds is 5. The summed E-state index contributed by atoms with van der Waals surface area (Å²) in [5, 5.41) is 2.17. The zero-order valence-corrected chi connectivity index (χ0v) is 17.1. The van der Waals surface area contributed by atoms with Crippen molar-refractivity contribution in [1.82, 2.24) is 5.32 Å². The number of urea groups is 1. The quantitative estimate of drug-likeness (QED) is 0.447. The molecule has 3 aromatic rings. The van der Waals surface area contributed by atoms with Crippen LogP contribution in [0.15, 0.2) is 81.4 Å². The van der Waals surface area contributed by atoms with Gasteiger partial charge in [-0.2, -0.15) is 0 Å². The summed E-state index contributed by atoms with van der Waals surface area (Å²) in [4.78, 5) is 38.2. The van der Waals surface area contributed by atoms with Gasteiger partial charge in [-0.25, -0.2) is 9.69 Å². The number of amides is 4. The Balaban J connectivity index is 1.53. The average Bonchev–Trinajstić information content (AvgIpc) is 3.16. The van der Waals surface area contributed by atoms with Crippen molar-refractivity contribution in [2.45, 2.75) is 6.61 Å². The maximum absolute atomic E-state index is 12.8. The van der Waals surface area contributed by atoms with E-state index in [0.29, 0.717) is 28.5 Å². The van der Waals surface area contributed by atoms with Gasteiger partial charge in [0.15, 0.2) is 4.67 Å². The summed E-state index contributed by atoms with van der Waals surface area (Å²) < 4.78 is 11.5. The van der Waals surface area contributed by atoms with Crippen LogP contribution in [-0.4, -0.2) is 17.8 Å². The van der Waals surface area contributed by atoms with Crippen molar-refractivity contribution >= 4 is 45.5 Å². The van der Waals surface area contributed by atoms with E-state index in [1.165, 1.54) is 6.08 Å². The van der Waals surface area contributed by atoms with Gasteiger partial charge in [0.1, 0.15) is 23.7 Å². The van der Waals surface area contributed by atoms with E-state index in [0.717, 1.165) is 10.5 Å². The van der Waals surface area contributed by atoms with Crippen molar-refractivity contribution < 1.29 is 23.5 Å². The number of barbiturate groups is 1. The second kappa shape index (κ2) is 8.38. The molecule has 150 valence electrons. The van der Waals surface area contributed by atoms with Crippen LogP contribution in [0.25, 0.3) is 6.08 Å². The summed E-state index contributed by atoms with van der Waals surface area (Å²) in [5.41, 5.74) is 1.12. The number of hydrogen-bond donors (Lipinski definition) is 1. The first-order valence-corrected chi connectivity index (χ1v) is 9.74. The van der Waals surface area contributed by atoms with Gasteiger partial charge in [-0.05, 0) is 64.0 Å². The molecule has 4 amide bonds. The predicted molar refractivity (Wildman–Crippen MR) is 113 cm³/mol. The van der Waals surface area contributed by atoms with Crippen molar-refractivity contribution in [3.63, 3.8) is 0 Å². The van der Waals surface area contributed by atoms with Gasteiger partial charge in [0.2, 0.25) is 0 Å². The molecule has 1 N–H and O–H groups in total. The fourth-order valence-corrected chi connectivity index (χ4v) is 3.19. The van der Waals surface area contributed by atoms with Gasteiger partial charge in [0.25, 0.3) is 11.8 Å². The van der Waals surface area contributed by atoms with Crippen LogP contribution in [0.3, 0.4) is 0 Å². The highest BCUT2D eigenvalue weighted by Gasteiger charge is 2.37. The zero-order valence-electron chi connectivity index (χ0n) is 15.5. The molecule has 1 aliphatic heterocycles. The zero-order chi connectivity index (χ0) is 21.1. The normalized spacial score (nSPS) is 15.4. The van der Waals surface area contributed by atoms with E-state index < -0.39 is 17.8 Å². The van der Waals surface area contributed by atoms with Crippen molar-refractivity contribution in [3.8, 4) is 5.75 Å². The molecule has 1 saturated heterocycles. The Kier molecular flexibility index (Phi) is 5.49. The van der Waals surface area contributed by atoms with Gasteiger partial charge in [-0.1, -0.05) is 30.3 Å². The molecule has 2 heterocycles. The molecule has 0 atom stereocenters. The monoisotopic (exact) mass is 466 g/mol. The van der Waals surface area contributed by atoms with Crippen LogP contribution >= 0.6 is 15.9 Å². The average molecular weight is 467 g/mol. The number of ether oxygens (including phenoxy) is 1. The number of nitrogens with one attached hydrogen (secondary N) is 1. The highest BCUT2D eigenvalue weighted by atomic mass is 79.9. The Labute approximate surface area is 180 Å². The van der Waals surface area contributed by atoms with Crippen molar-refractivity contribution in [2.24, 2.45) is 0 Å². The summed E-state index contributed by atoms with van der Waals surface area (Å²) in [6.07, 6.45) is 1.29. The summed E-state index contributed by atoms with van der Waals surface area (Å²) in [5.74, 6) is -0.634. The van der Waals surface area contributed by atoms with Crippen molar-refractivity contribution in [2.75, 3.05) is 4.90 Å². The lowest BCUT2D eigenvalue weighted by molar-refractivity contribution is -0.122. The molecule has 30 heavy (non-hydrogen) atoms. The SMILES string of the molecule is O=C1NC(=O)N(c2ccc(OCc3ccccc3)cc2)C(=O)/C1=C/c1ccc(Br)o1. The first-order chi connectivity index (χ1) is 14.5. The number of carbonyl (C=O) groups is 3. The van der Waals surface area contributed by atoms with Gasteiger partial charge in [0.05, 0.1) is 5.69 Å². The van der Waals surface area contributed by atoms with E-state index in [2.05, 4.69) is 21.2 Å². The van der Waals surface area contributed by atoms with Crippen LogP contribution in [0, 0.1) is 0 Å². The minimum atomic E-state index is -0.819. The molecule has 1 aliphatic rings. The summed E-state index contributed by atoms with van der Waals surface area (Å²) in [6, 6.07) is 18.6. The number of nitrogens with zero attached hydrogens (tertiary/aromatic N) is 1. The lowest BCUT2D eigenvalue weighted by Crippen LogP contribution is -2.54. The minimum Gasteiger partial charge on any atom is -0.489 e. The molecule has 0 spiro atoms. The van der Waals surface area contributed by atoms with Crippen LogP contribution in [0.1, 0.15) is 11.3 Å². The third-order valence-corrected chi connectivity index (χ3v) is 4.75. The van der Waals surface area contributed by atoms with Crippen LogP contribution in [0.5, 0.6) is 5.75 Å².